The summed E-state index contributed by atoms with van der Waals surface area (Å²) in [5.41, 5.74) is 3.41. The first kappa shape index (κ1) is 13.2. The van der Waals surface area contributed by atoms with E-state index in [0.29, 0.717) is 12.1 Å². The lowest BCUT2D eigenvalue weighted by molar-refractivity contribution is 0.479. The fraction of sp³-hybridized carbons (Fsp3) is 0.111. The molecule has 4 rings (SSSR count). The van der Waals surface area contributed by atoms with Crippen LogP contribution in [0.2, 0.25) is 0 Å². The maximum Gasteiger partial charge on any atom is 0.163 e. The molecule has 0 radical (unpaired) electrons. The highest BCUT2D eigenvalue weighted by Crippen LogP contribution is 2.31. The average molecular weight is 296 g/mol. The van der Waals surface area contributed by atoms with Gasteiger partial charge in [0.1, 0.15) is 0 Å². The largest absolute Gasteiger partial charge is 0.319 e. The van der Waals surface area contributed by atoms with Gasteiger partial charge in [0.05, 0.1) is 6.04 Å². The van der Waals surface area contributed by atoms with Crippen LogP contribution in [0.3, 0.4) is 0 Å². The summed E-state index contributed by atoms with van der Waals surface area (Å²) in [5.74, 6) is -1.61. The summed E-state index contributed by atoms with van der Waals surface area (Å²) < 4.78 is 29.8. The summed E-state index contributed by atoms with van der Waals surface area (Å²) in [6, 6.07) is 15.8. The lowest BCUT2D eigenvalue weighted by Gasteiger charge is -2.18. The molecule has 2 aromatic carbocycles. The molecule has 0 aliphatic carbocycles. The van der Waals surface area contributed by atoms with Crippen LogP contribution < -0.4 is 5.32 Å². The van der Waals surface area contributed by atoms with E-state index in [1.807, 2.05) is 47.2 Å². The van der Waals surface area contributed by atoms with Gasteiger partial charge < -0.3 is 9.88 Å². The molecule has 1 aliphatic heterocycles. The van der Waals surface area contributed by atoms with Gasteiger partial charge in [-0.15, -0.1) is 0 Å². The highest BCUT2D eigenvalue weighted by molar-refractivity contribution is 5.46. The summed E-state index contributed by atoms with van der Waals surface area (Å²) in [7, 11) is 0. The van der Waals surface area contributed by atoms with Crippen LogP contribution in [0.4, 0.5) is 8.78 Å². The van der Waals surface area contributed by atoms with Gasteiger partial charge in [0.2, 0.25) is 0 Å². The number of nitrogens with zero attached hydrogens (tertiary/aromatic N) is 1. The second kappa shape index (κ2) is 5.07. The van der Waals surface area contributed by atoms with E-state index in [9.17, 15) is 8.78 Å². The second-order valence-electron chi connectivity index (χ2n) is 5.39. The number of hydrogen-bond acceptors (Lipinski definition) is 1. The zero-order valence-electron chi connectivity index (χ0n) is 11.8. The molecule has 4 heteroatoms. The van der Waals surface area contributed by atoms with Crippen LogP contribution in [-0.4, -0.2) is 4.57 Å². The number of hydrogen-bond donors (Lipinski definition) is 1. The molecule has 110 valence electrons. The number of benzene rings is 2. The molecule has 1 atom stereocenters. The Morgan fingerprint density at radius 1 is 0.955 bits per heavy atom. The Kier molecular flexibility index (Phi) is 3.05. The first-order chi connectivity index (χ1) is 10.8. The fourth-order valence-electron chi connectivity index (χ4n) is 3.07. The average Bonchev–Trinajstić information content (AvgIpc) is 2.96. The van der Waals surface area contributed by atoms with Gasteiger partial charge in [-0.1, -0.05) is 30.3 Å². The Hall–Kier alpha value is -2.46. The number of fused-ring (bicyclic) bond motifs is 3. The van der Waals surface area contributed by atoms with Gasteiger partial charge in [-0.05, 0) is 29.8 Å². The van der Waals surface area contributed by atoms with Crippen molar-refractivity contribution in [1.82, 2.24) is 9.88 Å². The fourth-order valence-corrected chi connectivity index (χ4v) is 3.07. The van der Waals surface area contributed by atoms with Crippen LogP contribution in [0, 0.1) is 11.6 Å². The quantitative estimate of drug-likeness (QED) is 0.719. The van der Waals surface area contributed by atoms with Gasteiger partial charge >= 0.3 is 0 Å². The molecular weight excluding hydrogens is 282 g/mol. The van der Waals surface area contributed by atoms with Gasteiger partial charge in [-0.3, -0.25) is 0 Å². The van der Waals surface area contributed by atoms with E-state index in [4.69, 9.17) is 0 Å². The number of para-hydroxylation sites is 1. The van der Waals surface area contributed by atoms with E-state index in [-0.39, 0.29) is 0 Å². The third kappa shape index (κ3) is 1.96. The minimum atomic E-state index is -0.820. The molecule has 0 bridgehead atoms. The van der Waals surface area contributed by atoms with Crippen LogP contribution in [0.1, 0.15) is 22.9 Å². The van der Waals surface area contributed by atoms with Crippen LogP contribution in [0.5, 0.6) is 0 Å². The van der Waals surface area contributed by atoms with Crippen LogP contribution in [0.15, 0.2) is 60.8 Å². The summed E-state index contributed by atoms with van der Waals surface area (Å²) in [6.45, 7) is 0.596. The summed E-state index contributed by atoms with van der Waals surface area (Å²) in [4.78, 5) is 0. The molecule has 1 N–H and O–H groups in total. The van der Waals surface area contributed by atoms with Crippen molar-refractivity contribution in [1.29, 1.82) is 0 Å². The van der Waals surface area contributed by atoms with Gasteiger partial charge in [0.15, 0.2) is 11.6 Å². The van der Waals surface area contributed by atoms with Gasteiger partial charge in [0.25, 0.3) is 0 Å². The minimum absolute atomic E-state index is 0.327. The summed E-state index contributed by atoms with van der Waals surface area (Å²) in [6.07, 6.45) is 1.95. The van der Waals surface area contributed by atoms with Crippen molar-refractivity contribution in [2.75, 3.05) is 0 Å². The van der Waals surface area contributed by atoms with Crippen molar-refractivity contribution in [3.05, 3.63) is 89.2 Å². The number of aromatic nitrogens is 1. The Morgan fingerprint density at radius 3 is 2.73 bits per heavy atom. The van der Waals surface area contributed by atoms with E-state index < -0.39 is 17.7 Å². The molecular formula is C18H14F2N2. The van der Waals surface area contributed by atoms with Gasteiger partial charge in [0, 0.05) is 29.7 Å². The van der Waals surface area contributed by atoms with Crippen LogP contribution >= 0.6 is 0 Å². The van der Waals surface area contributed by atoms with Crippen molar-refractivity contribution in [3.63, 3.8) is 0 Å². The van der Waals surface area contributed by atoms with Crippen molar-refractivity contribution >= 4 is 0 Å². The van der Waals surface area contributed by atoms with Crippen molar-refractivity contribution < 1.29 is 8.78 Å². The first-order valence-corrected chi connectivity index (χ1v) is 7.18. The molecule has 2 heterocycles. The molecule has 1 aliphatic rings. The van der Waals surface area contributed by atoms with E-state index >= 15 is 0 Å². The monoisotopic (exact) mass is 296 g/mol. The Morgan fingerprint density at radius 2 is 1.82 bits per heavy atom. The predicted octanol–water partition coefficient (Wildman–Crippen LogP) is 3.95. The van der Waals surface area contributed by atoms with E-state index in [2.05, 4.69) is 5.32 Å². The zero-order valence-corrected chi connectivity index (χ0v) is 11.8. The molecule has 0 fully saturated rings. The molecule has 3 aromatic rings. The normalized spacial score (nSPS) is 16.7. The van der Waals surface area contributed by atoms with E-state index in [1.54, 1.807) is 12.1 Å². The highest BCUT2D eigenvalue weighted by atomic mass is 19.2. The third-order valence-corrected chi connectivity index (χ3v) is 4.12. The zero-order chi connectivity index (χ0) is 15.1. The Labute approximate surface area is 127 Å². The van der Waals surface area contributed by atoms with Gasteiger partial charge in [-0.25, -0.2) is 8.78 Å². The summed E-state index contributed by atoms with van der Waals surface area (Å²) in [5, 5.41) is 3.34. The molecule has 0 saturated heterocycles. The van der Waals surface area contributed by atoms with E-state index in [1.165, 1.54) is 0 Å². The molecule has 2 nitrogen and oxygen atoms in total. The van der Waals surface area contributed by atoms with Crippen LogP contribution in [0.25, 0.3) is 5.69 Å². The SMILES string of the molecule is Fc1cccc(C2NCc3ccccc3-n3cccc32)c1F. The molecule has 0 amide bonds. The van der Waals surface area contributed by atoms with Crippen LogP contribution in [-0.2, 0) is 6.54 Å². The molecule has 1 aromatic heterocycles. The smallest absolute Gasteiger partial charge is 0.163 e. The lowest BCUT2D eigenvalue weighted by Crippen LogP contribution is -2.22. The van der Waals surface area contributed by atoms with Crippen molar-refractivity contribution in [2.45, 2.75) is 12.6 Å². The second-order valence-corrected chi connectivity index (χ2v) is 5.39. The maximum atomic E-state index is 14.2. The molecule has 0 spiro atoms. The number of nitrogens with one attached hydrogen (secondary N) is 1. The standard InChI is InChI=1S/C18H14F2N2/c19-14-7-3-6-13(17(14)20)18-16-9-4-10-22(16)15-8-2-1-5-12(15)11-21-18/h1-10,18,21H,11H2. The molecule has 1 unspecified atom stereocenters. The first-order valence-electron chi connectivity index (χ1n) is 7.18. The Bertz CT molecular complexity index is 839. The Balaban J connectivity index is 1.90. The molecule has 0 saturated carbocycles. The number of rotatable bonds is 1. The van der Waals surface area contributed by atoms with Crippen molar-refractivity contribution in [2.24, 2.45) is 0 Å². The molecule has 22 heavy (non-hydrogen) atoms. The minimum Gasteiger partial charge on any atom is -0.319 e. The maximum absolute atomic E-state index is 14.2. The van der Waals surface area contributed by atoms with Crippen molar-refractivity contribution in [3.8, 4) is 5.69 Å². The lowest BCUT2D eigenvalue weighted by atomic mass is 10.0. The highest BCUT2D eigenvalue weighted by Gasteiger charge is 2.25. The third-order valence-electron chi connectivity index (χ3n) is 4.12. The van der Waals surface area contributed by atoms with Gasteiger partial charge in [-0.2, -0.15) is 0 Å². The van der Waals surface area contributed by atoms with E-state index in [0.717, 1.165) is 23.0 Å². The predicted molar refractivity (Wildman–Crippen MR) is 80.8 cm³/mol. The number of halogens is 2. The topological polar surface area (TPSA) is 17.0 Å². The summed E-state index contributed by atoms with van der Waals surface area (Å²) >= 11 is 0.